The highest BCUT2D eigenvalue weighted by atomic mass is 32.1. The van der Waals surface area contributed by atoms with Crippen LogP contribution in [0.15, 0.2) is 24.4 Å². The molecule has 0 radical (unpaired) electrons. The number of ether oxygens (including phenoxy) is 3. The van der Waals surface area contributed by atoms with Crippen molar-refractivity contribution in [3.8, 4) is 0 Å². The number of fused-ring (bicyclic) bond motifs is 1. The largest absolute Gasteiger partial charge is 0.465 e. The molecule has 1 amide bonds. The number of pyridine rings is 1. The van der Waals surface area contributed by atoms with E-state index in [9.17, 15) is 9.59 Å². The van der Waals surface area contributed by atoms with Gasteiger partial charge in [-0.25, -0.2) is 9.59 Å². The first-order valence-electron chi connectivity index (χ1n) is 8.53. The molecule has 0 bridgehead atoms. The summed E-state index contributed by atoms with van der Waals surface area (Å²) >= 11 is 1.32. The minimum Gasteiger partial charge on any atom is -0.465 e. The van der Waals surface area contributed by atoms with Crippen LogP contribution in [-0.4, -0.2) is 49.0 Å². The maximum atomic E-state index is 12.4. The lowest BCUT2D eigenvalue weighted by Crippen LogP contribution is -2.43. The van der Waals surface area contributed by atoms with E-state index in [4.69, 9.17) is 14.2 Å². The molecule has 1 atom stereocenters. The summed E-state index contributed by atoms with van der Waals surface area (Å²) in [5, 5.41) is 2.83. The lowest BCUT2D eigenvalue weighted by atomic mass is 9.96. The summed E-state index contributed by atoms with van der Waals surface area (Å²) in [6.07, 6.45) is 2.99. The maximum absolute atomic E-state index is 12.4. The zero-order chi connectivity index (χ0) is 19.6. The topological polar surface area (TPSA) is 86.8 Å². The van der Waals surface area contributed by atoms with Crippen molar-refractivity contribution in [1.82, 2.24) is 10.3 Å². The zero-order valence-electron chi connectivity index (χ0n) is 15.7. The lowest BCUT2D eigenvalue weighted by Gasteiger charge is -2.27. The van der Waals surface area contributed by atoms with E-state index in [1.165, 1.54) is 18.4 Å². The van der Waals surface area contributed by atoms with Gasteiger partial charge in [0.25, 0.3) is 0 Å². The minimum absolute atomic E-state index is 0.274. The standard InChI is InChI=1S/C19H22N2O5S/c1-19(2,3)26-18(23)21-12-10-25-9-7-11(12)14-15-13(6-5-8-20-15)27-16(14)17(22)24-4/h5-8,12H,9-10H2,1-4H3,(H,21,23). The molecule has 3 rings (SSSR count). The Balaban J connectivity index is 2.01. The lowest BCUT2D eigenvalue weighted by molar-refractivity contribution is 0.0475. The number of methoxy groups -OCH3 is 1. The van der Waals surface area contributed by atoms with E-state index >= 15 is 0 Å². The third-order valence-corrected chi connectivity index (χ3v) is 5.00. The van der Waals surface area contributed by atoms with Crippen LogP contribution in [-0.2, 0) is 14.2 Å². The van der Waals surface area contributed by atoms with E-state index in [0.29, 0.717) is 22.6 Å². The number of esters is 1. The molecule has 27 heavy (non-hydrogen) atoms. The number of amides is 1. The molecule has 0 aliphatic carbocycles. The van der Waals surface area contributed by atoms with Crippen LogP contribution in [0.1, 0.15) is 36.0 Å². The molecule has 1 N–H and O–H groups in total. The quantitative estimate of drug-likeness (QED) is 0.809. The third-order valence-electron chi connectivity index (χ3n) is 3.88. The van der Waals surface area contributed by atoms with Crippen molar-refractivity contribution in [1.29, 1.82) is 0 Å². The average Bonchev–Trinajstić information content (AvgIpc) is 2.99. The van der Waals surface area contributed by atoms with Gasteiger partial charge in [-0.2, -0.15) is 0 Å². The minimum atomic E-state index is -0.614. The number of alkyl carbamates (subject to hydrolysis) is 1. The summed E-state index contributed by atoms with van der Waals surface area (Å²) in [4.78, 5) is 29.5. The molecule has 2 aromatic rings. The fraction of sp³-hybridized carbons (Fsp3) is 0.421. The van der Waals surface area contributed by atoms with Crippen LogP contribution in [0.5, 0.6) is 0 Å². The van der Waals surface area contributed by atoms with Crippen molar-refractivity contribution in [3.63, 3.8) is 0 Å². The van der Waals surface area contributed by atoms with Gasteiger partial charge < -0.3 is 19.5 Å². The number of nitrogens with zero attached hydrogens (tertiary/aromatic N) is 1. The molecule has 1 unspecified atom stereocenters. The van der Waals surface area contributed by atoms with Crippen LogP contribution in [0.4, 0.5) is 4.79 Å². The van der Waals surface area contributed by atoms with Crippen molar-refractivity contribution in [2.75, 3.05) is 20.3 Å². The van der Waals surface area contributed by atoms with Crippen molar-refractivity contribution >= 4 is 39.2 Å². The number of carbonyl (C=O) groups is 2. The molecular formula is C19H22N2O5S. The molecular weight excluding hydrogens is 368 g/mol. The summed E-state index contributed by atoms with van der Waals surface area (Å²) in [5.74, 6) is -0.434. The summed E-state index contributed by atoms with van der Waals surface area (Å²) in [6, 6.07) is 3.26. The number of thiophene rings is 1. The van der Waals surface area contributed by atoms with Gasteiger partial charge in [0.05, 0.1) is 36.6 Å². The molecule has 1 aliphatic rings. The van der Waals surface area contributed by atoms with Crippen molar-refractivity contribution in [2.24, 2.45) is 0 Å². The fourth-order valence-corrected chi connectivity index (χ4v) is 3.95. The van der Waals surface area contributed by atoms with Crippen molar-refractivity contribution in [3.05, 3.63) is 34.8 Å². The van der Waals surface area contributed by atoms with Crippen LogP contribution in [0.2, 0.25) is 0 Å². The van der Waals surface area contributed by atoms with E-state index in [-0.39, 0.29) is 6.61 Å². The van der Waals surface area contributed by atoms with Crippen LogP contribution >= 0.6 is 11.3 Å². The Bertz CT molecular complexity index is 897. The first-order valence-corrected chi connectivity index (χ1v) is 9.35. The number of hydrogen-bond donors (Lipinski definition) is 1. The Labute approximate surface area is 161 Å². The molecule has 0 spiro atoms. The summed E-state index contributed by atoms with van der Waals surface area (Å²) in [6.45, 7) is 6.05. The fourth-order valence-electron chi connectivity index (χ4n) is 2.85. The van der Waals surface area contributed by atoms with Crippen molar-refractivity contribution in [2.45, 2.75) is 32.4 Å². The van der Waals surface area contributed by atoms with E-state index in [2.05, 4.69) is 10.3 Å². The molecule has 2 aromatic heterocycles. The predicted molar refractivity (Wildman–Crippen MR) is 103 cm³/mol. The molecule has 0 saturated heterocycles. The Morgan fingerprint density at radius 3 is 2.85 bits per heavy atom. The second-order valence-corrected chi connectivity index (χ2v) is 8.10. The van der Waals surface area contributed by atoms with Gasteiger partial charge in [0, 0.05) is 11.8 Å². The second-order valence-electron chi connectivity index (χ2n) is 7.04. The van der Waals surface area contributed by atoms with E-state index < -0.39 is 23.7 Å². The zero-order valence-corrected chi connectivity index (χ0v) is 16.5. The highest BCUT2D eigenvalue weighted by molar-refractivity contribution is 7.21. The predicted octanol–water partition coefficient (Wildman–Crippen LogP) is 3.39. The average molecular weight is 390 g/mol. The highest BCUT2D eigenvalue weighted by Crippen LogP contribution is 2.37. The Morgan fingerprint density at radius 2 is 2.15 bits per heavy atom. The van der Waals surface area contributed by atoms with Gasteiger partial charge in [-0.15, -0.1) is 11.3 Å². The molecule has 3 heterocycles. The van der Waals surface area contributed by atoms with E-state index in [1.54, 1.807) is 27.0 Å². The van der Waals surface area contributed by atoms with Gasteiger partial charge >= 0.3 is 12.1 Å². The molecule has 0 aromatic carbocycles. The molecule has 0 saturated carbocycles. The molecule has 7 nitrogen and oxygen atoms in total. The number of aromatic nitrogens is 1. The highest BCUT2D eigenvalue weighted by Gasteiger charge is 2.30. The Kier molecular flexibility index (Phi) is 5.48. The molecule has 1 aliphatic heterocycles. The van der Waals surface area contributed by atoms with Gasteiger partial charge in [0.2, 0.25) is 0 Å². The number of nitrogens with one attached hydrogen (secondary N) is 1. The smallest absolute Gasteiger partial charge is 0.408 e. The molecule has 144 valence electrons. The molecule has 8 heteroatoms. The van der Waals surface area contributed by atoms with Crippen LogP contribution < -0.4 is 5.32 Å². The first kappa shape index (κ1) is 19.3. The van der Waals surface area contributed by atoms with Gasteiger partial charge in [0.15, 0.2) is 0 Å². The summed E-state index contributed by atoms with van der Waals surface area (Å²) in [5.41, 5.74) is 1.54. The Hall–Kier alpha value is -2.45. The molecule has 0 fully saturated rings. The maximum Gasteiger partial charge on any atom is 0.408 e. The first-order chi connectivity index (χ1) is 12.8. The van der Waals surface area contributed by atoms with Gasteiger partial charge in [-0.05, 0) is 38.5 Å². The number of rotatable bonds is 3. The van der Waals surface area contributed by atoms with Gasteiger partial charge in [-0.1, -0.05) is 6.08 Å². The van der Waals surface area contributed by atoms with Crippen LogP contribution in [0.25, 0.3) is 15.8 Å². The normalized spacial score (nSPS) is 17.3. The van der Waals surface area contributed by atoms with Crippen LogP contribution in [0, 0.1) is 0 Å². The van der Waals surface area contributed by atoms with Gasteiger partial charge in [0.1, 0.15) is 10.5 Å². The number of carbonyl (C=O) groups excluding carboxylic acids is 2. The third kappa shape index (κ3) is 4.28. The van der Waals surface area contributed by atoms with Crippen LogP contribution in [0.3, 0.4) is 0 Å². The second kappa shape index (κ2) is 7.66. The van der Waals surface area contributed by atoms with Crippen molar-refractivity contribution < 1.29 is 23.8 Å². The van der Waals surface area contributed by atoms with E-state index in [1.807, 2.05) is 18.2 Å². The van der Waals surface area contributed by atoms with Gasteiger partial charge in [-0.3, -0.25) is 4.98 Å². The monoisotopic (exact) mass is 390 g/mol. The SMILES string of the molecule is COC(=O)c1sc2cccnc2c1C1=CCOCC1NC(=O)OC(C)(C)C. The summed E-state index contributed by atoms with van der Waals surface area (Å²) < 4.78 is 16.7. The van der Waals surface area contributed by atoms with E-state index in [0.717, 1.165) is 10.3 Å². The Morgan fingerprint density at radius 1 is 1.37 bits per heavy atom. The number of hydrogen-bond acceptors (Lipinski definition) is 7. The summed E-state index contributed by atoms with van der Waals surface area (Å²) in [7, 11) is 1.35.